The molecular weight excluding hydrogens is 757 g/mol. The number of nitrogens with one attached hydrogen (secondary N) is 3. The van der Waals surface area contributed by atoms with Crippen LogP contribution < -0.4 is 16.0 Å². The fourth-order valence-electron chi connectivity index (χ4n) is 9.01. The van der Waals surface area contributed by atoms with Gasteiger partial charge in [-0.15, -0.1) is 0 Å². The molecule has 2 heterocycles. The van der Waals surface area contributed by atoms with Crippen molar-refractivity contribution in [3.63, 3.8) is 0 Å². The van der Waals surface area contributed by atoms with Gasteiger partial charge in [0.25, 0.3) is 0 Å². The second-order valence-electron chi connectivity index (χ2n) is 16.0. The van der Waals surface area contributed by atoms with Gasteiger partial charge < -0.3 is 10.6 Å². The molecule has 8 aromatic carbocycles. The first-order valence-electron chi connectivity index (χ1n) is 21.4. The summed E-state index contributed by atoms with van der Waals surface area (Å²) in [6, 6.07) is 66.7. The van der Waals surface area contributed by atoms with Crippen LogP contribution in [0.25, 0.3) is 43.8 Å². The maximum atomic E-state index is 5.20. The summed E-state index contributed by atoms with van der Waals surface area (Å²) in [5, 5.41) is 16.0. The van der Waals surface area contributed by atoms with E-state index >= 15 is 0 Å². The van der Waals surface area contributed by atoms with E-state index in [1.54, 1.807) is 0 Å². The summed E-state index contributed by atoms with van der Waals surface area (Å²) in [6.45, 7) is 0. The van der Waals surface area contributed by atoms with Gasteiger partial charge in [0.1, 0.15) is 30.2 Å². The van der Waals surface area contributed by atoms with Crippen LogP contribution in [0.15, 0.2) is 227 Å². The molecule has 3 N–H and O–H groups in total. The van der Waals surface area contributed by atoms with Crippen molar-refractivity contribution in [3.05, 3.63) is 240 Å². The first-order chi connectivity index (χ1) is 30.7. The zero-order valence-electron chi connectivity index (χ0n) is 34.1. The molecule has 6 heteroatoms. The molecule has 2 aliphatic heterocycles. The number of aliphatic imine (C=N–C) groups is 3. The molecular formula is C56H44N6. The molecule has 0 saturated carbocycles. The van der Waals surface area contributed by atoms with Gasteiger partial charge in [0.15, 0.2) is 5.84 Å². The van der Waals surface area contributed by atoms with Gasteiger partial charge in [-0.05, 0) is 73.3 Å². The van der Waals surface area contributed by atoms with Crippen LogP contribution in [-0.4, -0.2) is 23.7 Å². The molecule has 3 aliphatic rings. The Morgan fingerprint density at radius 1 is 0.419 bits per heavy atom. The molecule has 0 saturated heterocycles. The second-order valence-corrected chi connectivity index (χ2v) is 16.0. The topological polar surface area (TPSA) is 73.2 Å². The molecule has 0 fully saturated rings. The van der Waals surface area contributed by atoms with Crippen LogP contribution in [0.5, 0.6) is 0 Å². The van der Waals surface area contributed by atoms with E-state index in [9.17, 15) is 0 Å². The SMILES string of the molecule is C1=CCCC(C2N=C(c3ccc(-c4c(-c5ccc(C6NC(c7ccccc7)=NC(c7ccccc7)N6)cc5)c5ccccc5c5ccccc45)cc3)N=C(c3ccccc3)N2)=C1. The van der Waals surface area contributed by atoms with Gasteiger partial charge in [-0.1, -0.05) is 206 Å². The van der Waals surface area contributed by atoms with Crippen molar-refractivity contribution in [1.29, 1.82) is 0 Å². The summed E-state index contributed by atoms with van der Waals surface area (Å²) in [4.78, 5) is 15.4. The lowest BCUT2D eigenvalue weighted by atomic mass is 9.84. The van der Waals surface area contributed by atoms with E-state index in [0.717, 1.165) is 69.3 Å². The van der Waals surface area contributed by atoms with E-state index in [1.165, 1.54) is 38.2 Å². The van der Waals surface area contributed by atoms with Crippen LogP contribution in [-0.2, 0) is 0 Å². The minimum Gasteiger partial charge on any atom is -0.350 e. The van der Waals surface area contributed by atoms with Crippen molar-refractivity contribution in [2.45, 2.75) is 31.3 Å². The van der Waals surface area contributed by atoms with E-state index in [1.807, 2.05) is 18.2 Å². The maximum Gasteiger partial charge on any atom is 0.159 e. The van der Waals surface area contributed by atoms with Crippen LogP contribution >= 0.6 is 0 Å². The Kier molecular flexibility index (Phi) is 9.88. The van der Waals surface area contributed by atoms with Crippen molar-refractivity contribution < 1.29 is 0 Å². The Hall–Kier alpha value is -7.67. The largest absolute Gasteiger partial charge is 0.350 e. The van der Waals surface area contributed by atoms with Crippen LogP contribution in [0.3, 0.4) is 0 Å². The van der Waals surface area contributed by atoms with Gasteiger partial charge in [-0.25, -0.2) is 15.0 Å². The summed E-state index contributed by atoms with van der Waals surface area (Å²) >= 11 is 0. The summed E-state index contributed by atoms with van der Waals surface area (Å²) in [7, 11) is 0. The predicted octanol–water partition coefficient (Wildman–Crippen LogP) is 12.1. The molecule has 0 aromatic heterocycles. The highest BCUT2D eigenvalue weighted by Crippen LogP contribution is 2.45. The zero-order valence-corrected chi connectivity index (χ0v) is 34.1. The Balaban J connectivity index is 0.994. The molecule has 0 radical (unpaired) electrons. The average molecular weight is 801 g/mol. The van der Waals surface area contributed by atoms with Gasteiger partial charge in [-0.2, -0.15) is 0 Å². The van der Waals surface area contributed by atoms with Crippen LogP contribution in [0.1, 0.15) is 53.0 Å². The van der Waals surface area contributed by atoms with Crippen molar-refractivity contribution in [2.75, 3.05) is 0 Å². The van der Waals surface area contributed by atoms with Gasteiger partial charge >= 0.3 is 0 Å². The minimum absolute atomic E-state index is 0.157. The fourth-order valence-corrected chi connectivity index (χ4v) is 9.01. The monoisotopic (exact) mass is 800 g/mol. The quantitative estimate of drug-likeness (QED) is 0.134. The zero-order chi connectivity index (χ0) is 41.2. The third-order valence-corrected chi connectivity index (χ3v) is 12.1. The summed E-state index contributed by atoms with van der Waals surface area (Å²) < 4.78 is 0. The molecule has 0 bridgehead atoms. The smallest absolute Gasteiger partial charge is 0.159 e. The number of hydrogen-bond acceptors (Lipinski definition) is 6. The lowest BCUT2D eigenvalue weighted by Gasteiger charge is -2.32. The molecule has 11 rings (SSSR count). The van der Waals surface area contributed by atoms with Crippen molar-refractivity contribution in [1.82, 2.24) is 16.0 Å². The summed E-state index contributed by atoms with van der Waals surface area (Å²) in [5.41, 5.74) is 11.3. The molecule has 3 atom stereocenters. The lowest BCUT2D eigenvalue weighted by molar-refractivity contribution is 0.409. The van der Waals surface area contributed by atoms with Gasteiger partial charge in [0.2, 0.25) is 0 Å². The molecule has 8 aromatic rings. The molecule has 0 amide bonds. The summed E-state index contributed by atoms with van der Waals surface area (Å²) in [5.74, 6) is 2.44. The minimum atomic E-state index is -0.199. The van der Waals surface area contributed by atoms with Crippen molar-refractivity contribution in [3.8, 4) is 22.3 Å². The number of rotatable bonds is 8. The number of fused-ring (bicyclic) bond motifs is 3. The second kappa shape index (κ2) is 16.4. The van der Waals surface area contributed by atoms with Gasteiger partial charge in [0, 0.05) is 16.7 Å². The Labute approximate surface area is 361 Å². The molecule has 6 nitrogen and oxygen atoms in total. The van der Waals surface area contributed by atoms with Gasteiger partial charge in [0.05, 0.1) is 0 Å². The number of benzene rings is 8. The first kappa shape index (κ1) is 37.3. The molecule has 62 heavy (non-hydrogen) atoms. The summed E-state index contributed by atoms with van der Waals surface area (Å²) in [6.07, 6.45) is 7.99. The third-order valence-electron chi connectivity index (χ3n) is 12.1. The maximum absolute atomic E-state index is 5.20. The van der Waals surface area contributed by atoms with E-state index < -0.39 is 0 Å². The fraction of sp³-hybridized carbons (Fsp3) is 0.0893. The Morgan fingerprint density at radius 3 is 1.55 bits per heavy atom. The number of allylic oxidation sites excluding steroid dienone is 3. The van der Waals surface area contributed by atoms with Gasteiger partial charge in [-0.3, -0.25) is 5.32 Å². The third kappa shape index (κ3) is 7.21. The van der Waals surface area contributed by atoms with Crippen molar-refractivity contribution in [2.24, 2.45) is 15.0 Å². The number of nitrogens with zero attached hydrogens (tertiary/aromatic N) is 3. The molecule has 298 valence electrons. The average Bonchev–Trinajstić information content (AvgIpc) is 3.37. The normalized spacial score (nSPS) is 18.5. The molecule has 1 aliphatic carbocycles. The standard InChI is InChI=1S/C56H44N6/c1-5-17-39(18-6-1)51-57-52(40-19-7-2-8-20-40)60-55(59-51)43-33-29-37(30-34-43)49-47-27-15-13-25-45(47)46-26-14-16-28-48(46)50(49)38-31-35-44(36-32-38)56-61-53(41-21-9-3-10-22-41)58-54(62-56)42-23-11-4-12-24-42/h1-11,13-23,25-36,51,54-55,59H,12,24H2,(H,57,60)(H,58,61,62). The lowest BCUT2D eigenvalue weighted by Crippen LogP contribution is -2.44. The number of hydrogen-bond donors (Lipinski definition) is 3. The van der Waals surface area contributed by atoms with Crippen LogP contribution in [0, 0.1) is 0 Å². The predicted molar refractivity (Wildman–Crippen MR) is 256 cm³/mol. The van der Waals surface area contributed by atoms with E-state index in [4.69, 9.17) is 15.0 Å². The van der Waals surface area contributed by atoms with Crippen LogP contribution in [0.2, 0.25) is 0 Å². The van der Waals surface area contributed by atoms with Crippen LogP contribution in [0.4, 0.5) is 0 Å². The van der Waals surface area contributed by atoms with E-state index in [-0.39, 0.29) is 18.5 Å². The molecule has 3 unspecified atom stereocenters. The van der Waals surface area contributed by atoms with Crippen molar-refractivity contribution >= 4 is 39.1 Å². The highest BCUT2D eigenvalue weighted by molar-refractivity contribution is 6.22. The van der Waals surface area contributed by atoms with E-state index in [2.05, 4.69) is 204 Å². The highest BCUT2D eigenvalue weighted by Gasteiger charge is 2.27. The molecule has 0 spiro atoms. The Morgan fingerprint density at radius 2 is 0.952 bits per heavy atom. The Bertz CT molecular complexity index is 3080. The highest BCUT2D eigenvalue weighted by atomic mass is 15.3. The number of amidine groups is 3. The van der Waals surface area contributed by atoms with E-state index in [0.29, 0.717) is 0 Å². The first-order valence-corrected chi connectivity index (χ1v) is 21.4.